The highest BCUT2D eigenvalue weighted by molar-refractivity contribution is 9.10. The third-order valence-electron chi connectivity index (χ3n) is 6.28. The Bertz CT molecular complexity index is 1370. The van der Waals surface area contributed by atoms with Gasteiger partial charge >= 0.3 is 5.97 Å². The van der Waals surface area contributed by atoms with Gasteiger partial charge in [0.2, 0.25) is 0 Å². The fourth-order valence-corrected chi connectivity index (χ4v) is 4.91. The fourth-order valence-electron chi connectivity index (χ4n) is 4.65. The van der Waals surface area contributed by atoms with Crippen LogP contribution in [0.5, 0.6) is 5.75 Å². The van der Waals surface area contributed by atoms with Gasteiger partial charge in [0.05, 0.1) is 17.9 Å². The molecule has 0 unspecified atom stereocenters. The minimum atomic E-state index is -0.536. The Morgan fingerprint density at radius 3 is 2.34 bits per heavy atom. The van der Waals surface area contributed by atoms with E-state index in [1.165, 1.54) is 0 Å². The molecule has 3 aromatic rings. The molecule has 5 rings (SSSR count). The van der Waals surface area contributed by atoms with Crippen molar-refractivity contribution >= 4 is 33.4 Å². The SMILES string of the molecule is CCOC(=O)C1=C(C)NC2=C(C(=O)c3ccccc32)[C@@H]1c1ccc(OCc2ccc(Br)cc2)cc1. The Kier molecular flexibility index (Phi) is 6.31. The van der Waals surface area contributed by atoms with Crippen molar-refractivity contribution in [3.63, 3.8) is 0 Å². The van der Waals surface area contributed by atoms with Crippen molar-refractivity contribution in [2.45, 2.75) is 26.4 Å². The van der Waals surface area contributed by atoms with Crippen molar-refractivity contribution in [3.8, 4) is 5.75 Å². The van der Waals surface area contributed by atoms with Crippen LogP contribution >= 0.6 is 15.9 Å². The van der Waals surface area contributed by atoms with Crippen molar-refractivity contribution in [1.29, 1.82) is 0 Å². The first-order valence-electron chi connectivity index (χ1n) is 11.5. The number of allylic oxidation sites excluding steroid dienone is 2. The number of Topliss-reactive ketones (excluding diaryl/α,β-unsaturated/α-hetero) is 1. The lowest BCUT2D eigenvalue weighted by Crippen LogP contribution is -2.29. The minimum absolute atomic E-state index is 0.0713. The lowest BCUT2D eigenvalue weighted by atomic mass is 9.80. The molecule has 1 atom stereocenters. The molecule has 0 spiro atoms. The second-order valence-corrected chi connectivity index (χ2v) is 9.38. The number of carbonyl (C=O) groups excluding carboxylic acids is 2. The molecule has 1 N–H and O–H groups in total. The quantitative estimate of drug-likeness (QED) is 0.387. The number of rotatable bonds is 6. The average Bonchev–Trinajstić information content (AvgIpc) is 3.15. The molecule has 1 aliphatic heterocycles. The predicted octanol–water partition coefficient (Wildman–Crippen LogP) is 6.16. The largest absolute Gasteiger partial charge is 0.489 e. The van der Waals surface area contributed by atoms with Gasteiger partial charge in [-0.3, -0.25) is 4.79 Å². The van der Waals surface area contributed by atoms with E-state index in [0.29, 0.717) is 34.8 Å². The van der Waals surface area contributed by atoms with Crippen LogP contribution in [-0.4, -0.2) is 18.4 Å². The van der Waals surface area contributed by atoms with Crippen molar-refractivity contribution in [2.24, 2.45) is 0 Å². The second kappa shape index (κ2) is 9.55. The van der Waals surface area contributed by atoms with Crippen LogP contribution in [0.1, 0.15) is 46.8 Å². The van der Waals surface area contributed by atoms with Crippen LogP contribution < -0.4 is 10.1 Å². The molecular weight excluding hydrogens is 506 g/mol. The zero-order valence-electron chi connectivity index (χ0n) is 19.4. The van der Waals surface area contributed by atoms with E-state index in [4.69, 9.17) is 9.47 Å². The molecule has 176 valence electrons. The third kappa shape index (κ3) is 4.30. The highest BCUT2D eigenvalue weighted by atomic mass is 79.9. The summed E-state index contributed by atoms with van der Waals surface area (Å²) in [5.41, 5.74) is 5.86. The maximum absolute atomic E-state index is 13.5. The number of nitrogens with one attached hydrogen (secondary N) is 1. The lowest BCUT2D eigenvalue weighted by molar-refractivity contribution is -0.138. The van der Waals surface area contributed by atoms with Gasteiger partial charge < -0.3 is 14.8 Å². The molecule has 0 saturated carbocycles. The average molecular weight is 530 g/mol. The molecule has 0 amide bonds. The number of esters is 1. The van der Waals surface area contributed by atoms with Gasteiger partial charge in [0, 0.05) is 32.8 Å². The molecule has 6 heteroatoms. The summed E-state index contributed by atoms with van der Waals surface area (Å²) < 4.78 is 12.4. The molecule has 5 nitrogen and oxygen atoms in total. The molecule has 1 aliphatic carbocycles. The summed E-state index contributed by atoms with van der Waals surface area (Å²) in [6.45, 7) is 4.32. The van der Waals surface area contributed by atoms with Gasteiger partial charge in [-0.25, -0.2) is 4.79 Å². The van der Waals surface area contributed by atoms with E-state index in [-0.39, 0.29) is 12.4 Å². The zero-order chi connectivity index (χ0) is 24.5. The van der Waals surface area contributed by atoms with E-state index >= 15 is 0 Å². The summed E-state index contributed by atoms with van der Waals surface area (Å²) in [4.78, 5) is 26.5. The molecule has 35 heavy (non-hydrogen) atoms. The van der Waals surface area contributed by atoms with Crippen molar-refractivity contribution in [1.82, 2.24) is 5.32 Å². The first kappa shape index (κ1) is 23.1. The van der Waals surface area contributed by atoms with Gasteiger partial charge in [-0.15, -0.1) is 0 Å². The monoisotopic (exact) mass is 529 g/mol. The Morgan fingerprint density at radius 1 is 0.971 bits per heavy atom. The smallest absolute Gasteiger partial charge is 0.336 e. The lowest BCUT2D eigenvalue weighted by Gasteiger charge is -2.29. The minimum Gasteiger partial charge on any atom is -0.489 e. The van der Waals surface area contributed by atoms with Crippen LogP contribution in [0.3, 0.4) is 0 Å². The number of dihydropyridines is 1. The number of ketones is 1. The van der Waals surface area contributed by atoms with E-state index < -0.39 is 11.9 Å². The number of fused-ring (bicyclic) bond motifs is 2. The Balaban J connectivity index is 1.49. The van der Waals surface area contributed by atoms with Gasteiger partial charge in [-0.05, 0) is 49.2 Å². The highest BCUT2D eigenvalue weighted by Crippen LogP contribution is 2.46. The van der Waals surface area contributed by atoms with Gasteiger partial charge in [-0.1, -0.05) is 64.5 Å². The standard InChI is InChI=1S/C29H24BrNO4/c1-3-34-29(33)24-17(2)31-27-22-6-4-5-7-23(22)28(32)26(27)25(24)19-10-14-21(15-11-19)35-16-18-8-12-20(30)13-9-18/h4-15,25,31H,3,16H2,1-2H3/t25-/m1/s1. The highest BCUT2D eigenvalue weighted by Gasteiger charge is 2.42. The Hall–Kier alpha value is -3.64. The predicted molar refractivity (Wildman–Crippen MR) is 138 cm³/mol. The van der Waals surface area contributed by atoms with E-state index in [1.807, 2.05) is 79.7 Å². The Labute approximate surface area is 212 Å². The summed E-state index contributed by atoms with van der Waals surface area (Å²) in [5.74, 6) is -0.323. The van der Waals surface area contributed by atoms with Crippen molar-refractivity contribution < 1.29 is 19.1 Å². The first-order chi connectivity index (χ1) is 17.0. The van der Waals surface area contributed by atoms with Gasteiger partial charge in [0.1, 0.15) is 12.4 Å². The van der Waals surface area contributed by atoms with Crippen LogP contribution in [0.4, 0.5) is 0 Å². The number of halogens is 1. The summed E-state index contributed by atoms with van der Waals surface area (Å²) in [6, 6.07) is 23.1. The number of hydrogen-bond donors (Lipinski definition) is 1. The van der Waals surface area contributed by atoms with Crippen LogP contribution in [-0.2, 0) is 16.1 Å². The van der Waals surface area contributed by atoms with Gasteiger partial charge in [0.15, 0.2) is 5.78 Å². The van der Waals surface area contributed by atoms with Crippen LogP contribution in [0.25, 0.3) is 5.70 Å². The molecule has 0 bridgehead atoms. The topological polar surface area (TPSA) is 64.6 Å². The second-order valence-electron chi connectivity index (χ2n) is 8.46. The maximum atomic E-state index is 13.5. The molecule has 0 radical (unpaired) electrons. The molecular formula is C29H24BrNO4. The van der Waals surface area contributed by atoms with Crippen LogP contribution in [0, 0.1) is 0 Å². The number of hydrogen-bond acceptors (Lipinski definition) is 5. The maximum Gasteiger partial charge on any atom is 0.336 e. The van der Waals surface area contributed by atoms with Gasteiger partial charge in [0.25, 0.3) is 0 Å². The summed E-state index contributed by atoms with van der Waals surface area (Å²) in [7, 11) is 0. The zero-order valence-corrected chi connectivity index (χ0v) is 21.0. The molecule has 0 fully saturated rings. The van der Waals surface area contributed by atoms with E-state index in [1.54, 1.807) is 6.92 Å². The fraction of sp³-hybridized carbons (Fsp3) is 0.172. The molecule has 0 aromatic heterocycles. The molecule has 1 heterocycles. The summed E-state index contributed by atoms with van der Waals surface area (Å²) >= 11 is 3.44. The van der Waals surface area contributed by atoms with Gasteiger partial charge in [-0.2, -0.15) is 0 Å². The first-order valence-corrected chi connectivity index (χ1v) is 12.3. The molecule has 0 saturated heterocycles. The number of benzene rings is 3. The normalized spacial score (nSPS) is 16.5. The van der Waals surface area contributed by atoms with E-state index in [2.05, 4.69) is 21.2 Å². The van der Waals surface area contributed by atoms with Crippen LogP contribution in [0.2, 0.25) is 0 Å². The van der Waals surface area contributed by atoms with Crippen molar-refractivity contribution in [2.75, 3.05) is 6.61 Å². The number of ether oxygens (including phenoxy) is 2. The van der Waals surface area contributed by atoms with E-state index in [0.717, 1.165) is 26.9 Å². The summed E-state index contributed by atoms with van der Waals surface area (Å²) in [5, 5.41) is 3.32. The van der Waals surface area contributed by atoms with Crippen molar-refractivity contribution in [3.05, 3.63) is 116 Å². The van der Waals surface area contributed by atoms with Crippen LogP contribution in [0.15, 0.2) is 94.1 Å². The Morgan fingerprint density at radius 2 is 1.66 bits per heavy atom. The summed E-state index contributed by atoms with van der Waals surface area (Å²) in [6.07, 6.45) is 0. The number of carbonyl (C=O) groups is 2. The van der Waals surface area contributed by atoms with E-state index in [9.17, 15) is 9.59 Å². The molecule has 3 aromatic carbocycles. The molecule has 2 aliphatic rings. The third-order valence-corrected chi connectivity index (χ3v) is 6.81.